The van der Waals surface area contributed by atoms with Crippen LogP contribution >= 0.6 is 11.6 Å². The summed E-state index contributed by atoms with van der Waals surface area (Å²) in [5.74, 6) is -0.568. The Bertz CT molecular complexity index is 1370. The molecule has 0 aliphatic rings. The second kappa shape index (κ2) is 14.0. The number of carbonyl (C=O) groups excluding carboxylic acids is 2. The quantitative estimate of drug-likeness (QED) is 0.330. The third-order valence-corrected chi connectivity index (χ3v) is 7.53. The van der Waals surface area contributed by atoms with Gasteiger partial charge in [-0.1, -0.05) is 72.3 Å². The van der Waals surface area contributed by atoms with E-state index in [9.17, 15) is 18.0 Å². The van der Waals surface area contributed by atoms with E-state index in [2.05, 4.69) is 5.32 Å². The Morgan fingerprint density at radius 2 is 1.59 bits per heavy atom. The van der Waals surface area contributed by atoms with Gasteiger partial charge in [0.2, 0.25) is 21.8 Å². The maximum Gasteiger partial charge on any atom is 0.244 e. The van der Waals surface area contributed by atoms with Gasteiger partial charge in [0, 0.05) is 24.5 Å². The highest BCUT2D eigenvalue weighted by atomic mass is 35.5. The lowest BCUT2D eigenvalue weighted by Crippen LogP contribution is -2.53. The maximum atomic E-state index is 14.1. The Hall–Kier alpha value is -3.56. The van der Waals surface area contributed by atoms with Crippen LogP contribution in [0.15, 0.2) is 78.9 Å². The van der Waals surface area contributed by atoms with Gasteiger partial charge in [-0.25, -0.2) is 8.42 Å². The predicted octanol–water partition coefficient (Wildman–Crippen LogP) is 4.28. The molecular weight excluding hydrogens is 538 g/mol. The summed E-state index contributed by atoms with van der Waals surface area (Å²) in [4.78, 5) is 28.8. The van der Waals surface area contributed by atoms with Crippen molar-refractivity contribution < 1.29 is 22.7 Å². The van der Waals surface area contributed by atoms with Gasteiger partial charge in [0.05, 0.1) is 18.6 Å². The highest BCUT2D eigenvalue weighted by Gasteiger charge is 2.33. The average molecular weight is 572 g/mol. The number of para-hydroxylation sites is 2. The SMILES string of the molecule is CCNC(=O)[C@H](Cc1ccccc1)N(Cc1ccccc1Cl)C(=O)CN(c1ccccc1OCC)S(C)(=O)=O. The monoisotopic (exact) mass is 571 g/mol. The number of sulfonamides is 1. The molecule has 0 saturated heterocycles. The van der Waals surface area contributed by atoms with Crippen molar-refractivity contribution in [2.45, 2.75) is 32.9 Å². The first-order valence-corrected chi connectivity index (χ1v) is 14.9. The van der Waals surface area contributed by atoms with Crippen LogP contribution in [0.4, 0.5) is 5.69 Å². The number of likely N-dealkylation sites (N-methyl/N-ethyl adjacent to an activating group) is 1. The van der Waals surface area contributed by atoms with Crippen LogP contribution < -0.4 is 14.4 Å². The van der Waals surface area contributed by atoms with Crippen molar-refractivity contribution in [3.8, 4) is 5.75 Å². The first-order chi connectivity index (χ1) is 18.7. The summed E-state index contributed by atoms with van der Waals surface area (Å²) >= 11 is 6.45. The molecule has 0 radical (unpaired) electrons. The van der Waals surface area contributed by atoms with Gasteiger partial charge in [0.25, 0.3) is 0 Å². The number of amides is 2. The molecule has 10 heteroatoms. The van der Waals surface area contributed by atoms with E-state index < -0.39 is 28.5 Å². The van der Waals surface area contributed by atoms with Crippen LogP contribution in [0, 0.1) is 0 Å². The number of nitrogens with one attached hydrogen (secondary N) is 1. The number of rotatable bonds is 13. The van der Waals surface area contributed by atoms with E-state index in [0.29, 0.717) is 29.5 Å². The fraction of sp³-hybridized carbons (Fsp3) is 0.310. The average Bonchev–Trinajstić information content (AvgIpc) is 2.91. The Balaban J connectivity index is 2.07. The zero-order valence-corrected chi connectivity index (χ0v) is 23.9. The van der Waals surface area contributed by atoms with Crippen LogP contribution in [-0.2, 0) is 32.6 Å². The molecule has 0 aliphatic carbocycles. The largest absolute Gasteiger partial charge is 0.492 e. The van der Waals surface area contributed by atoms with Crippen LogP contribution in [-0.4, -0.2) is 57.1 Å². The summed E-state index contributed by atoms with van der Waals surface area (Å²) in [5, 5.41) is 3.26. The molecule has 208 valence electrons. The molecule has 0 saturated carbocycles. The molecule has 0 aliphatic heterocycles. The van der Waals surface area contributed by atoms with E-state index in [1.807, 2.05) is 30.3 Å². The number of ether oxygens (including phenoxy) is 1. The summed E-state index contributed by atoms with van der Waals surface area (Å²) in [6.07, 6.45) is 1.27. The topological polar surface area (TPSA) is 96.0 Å². The van der Waals surface area contributed by atoms with Gasteiger partial charge in [-0.3, -0.25) is 13.9 Å². The summed E-state index contributed by atoms with van der Waals surface area (Å²) in [5.41, 5.74) is 1.73. The molecule has 1 N–H and O–H groups in total. The number of carbonyl (C=O) groups is 2. The first kappa shape index (κ1) is 30.0. The molecule has 0 heterocycles. The van der Waals surface area contributed by atoms with Crippen molar-refractivity contribution in [3.05, 3.63) is 95.0 Å². The van der Waals surface area contributed by atoms with E-state index in [0.717, 1.165) is 16.1 Å². The number of anilines is 1. The molecule has 2 amide bonds. The van der Waals surface area contributed by atoms with Crippen molar-refractivity contribution in [2.75, 3.05) is 30.3 Å². The number of hydrogen-bond donors (Lipinski definition) is 1. The maximum absolute atomic E-state index is 14.1. The minimum absolute atomic E-state index is 0.0118. The van der Waals surface area contributed by atoms with Gasteiger partial charge in [-0.2, -0.15) is 0 Å². The minimum Gasteiger partial charge on any atom is -0.492 e. The lowest BCUT2D eigenvalue weighted by Gasteiger charge is -2.34. The fourth-order valence-corrected chi connectivity index (χ4v) is 5.24. The molecule has 3 aromatic carbocycles. The Morgan fingerprint density at radius 1 is 0.949 bits per heavy atom. The van der Waals surface area contributed by atoms with E-state index >= 15 is 0 Å². The fourth-order valence-electron chi connectivity index (χ4n) is 4.19. The predicted molar refractivity (Wildman–Crippen MR) is 154 cm³/mol. The van der Waals surface area contributed by atoms with E-state index in [1.165, 1.54) is 4.90 Å². The zero-order chi connectivity index (χ0) is 28.4. The second-order valence-electron chi connectivity index (χ2n) is 8.88. The second-order valence-corrected chi connectivity index (χ2v) is 11.2. The summed E-state index contributed by atoms with van der Waals surface area (Å²) in [6.45, 7) is 3.76. The summed E-state index contributed by atoms with van der Waals surface area (Å²) < 4.78 is 32.6. The highest BCUT2D eigenvalue weighted by molar-refractivity contribution is 7.92. The Kier molecular flexibility index (Phi) is 10.8. The highest BCUT2D eigenvalue weighted by Crippen LogP contribution is 2.30. The van der Waals surface area contributed by atoms with Crippen LogP contribution in [0.1, 0.15) is 25.0 Å². The molecular formula is C29H34ClN3O5S. The van der Waals surface area contributed by atoms with Gasteiger partial charge in [-0.05, 0) is 43.2 Å². The van der Waals surface area contributed by atoms with Gasteiger partial charge >= 0.3 is 0 Å². The smallest absolute Gasteiger partial charge is 0.244 e. The Morgan fingerprint density at radius 3 is 2.23 bits per heavy atom. The molecule has 3 rings (SSSR count). The van der Waals surface area contributed by atoms with Crippen molar-refractivity contribution in [1.82, 2.24) is 10.2 Å². The molecule has 0 bridgehead atoms. The van der Waals surface area contributed by atoms with Crippen LogP contribution in [0.3, 0.4) is 0 Å². The van der Waals surface area contributed by atoms with Gasteiger partial charge in [-0.15, -0.1) is 0 Å². The third kappa shape index (κ3) is 8.21. The van der Waals surface area contributed by atoms with Gasteiger partial charge in [0.15, 0.2) is 0 Å². The number of hydrogen-bond acceptors (Lipinski definition) is 5. The van der Waals surface area contributed by atoms with Crippen molar-refractivity contribution in [2.24, 2.45) is 0 Å². The van der Waals surface area contributed by atoms with Crippen molar-refractivity contribution >= 4 is 39.1 Å². The number of benzene rings is 3. The van der Waals surface area contributed by atoms with E-state index in [4.69, 9.17) is 16.3 Å². The van der Waals surface area contributed by atoms with Crippen molar-refractivity contribution in [1.29, 1.82) is 0 Å². The number of nitrogens with zero attached hydrogens (tertiary/aromatic N) is 2. The molecule has 39 heavy (non-hydrogen) atoms. The zero-order valence-electron chi connectivity index (χ0n) is 22.3. The number of halogens is 1. The lowest BCUT2D eigenvalue weighted by molar-refractivity contribution is -0.140. The summed E-state index contributed by atoms with van der Waals surface area (Å²) in [7, 11) is -3.90. The molecule has 0 aromatic heterocycles. The molecule has 0 unspecified atom stereocenters. The third-order valence-electron chi connectivity index (χ3n) is 6.03. The molecule has 1 atom stereocenters. The normalized spacial score (nSPS) is 11.9. The van der Waals surface area contributed by atoms with Gasteiger partial charge in [0.1, 0.15) is 18.3 Å². The summed E-state index contributed by atoms with van der Waals surface area (Å²) in [6, 6.07) is 22.1. The van der Waals surface area contributed by atoms with Crippen LogP contribution in [0.25, 0.3) is 0 Å². The molecule has 8 nitrogen and oxygen atoms in total. The minimum atomic E-state index is -3.90. The lowest BCUT2D eigenvalue weighted by atomic mass is 10.0. The standard InChI is InChI=1S/C29H34ClN3O5S/c1-4-31-29(35)26(19-22-13-7-6-8-14-22)32(20-23-15-9-10-16-24(23)30)28(34)21-33(39(3,36)37)25-17-11-12-18-27(25)38-5-2/h6-18,26H,4-5,19-21H2,1-3H3,(H,31,35)/t26-/m0/s1. The van der Waals surface area contributed by atoms with E-state index in [-0.39, 0.29) is 24.6 Å². The van der Waals surface area contributed by atoms with Crippen molar-refractivity contribution in [3.63, 3.8) is 0 Å². The first-order valence-electron chi connectivity index (χ1n) is 12.7. The molecule has 3 aromatic rings. The molecule has 0 fully saturated rings. The van der Waals surface area contributed by atoms with Crippen LogP contribution in [0.5, 0.6) is 5.75 Å². The Labute approximate surface area is 235 Å². The van der Waals surface area contributed by atoms with Gasteiger partial charge < -0.3 is 15.0 Å². The van der Waals surface area contributed by atoms with E-state index in [1.54, 1.807) is 62.4 Å². The molecule has 0 spiro atoms. The van der Waals surface area contributed by atoms with Crippen LogP contribution in [0.2, 0.25) is 5.02 Å².